The van der Waals surface area contributed by atoms with E-state index in [1.165, 1.54) is 6.07 Å². The second-order valence-electron chi connectivity index (χ2n) is 5.83. The minimum atomic E-state index is -0.663. The number of nitrogens with zero attached hydrogens (tertiary/aromatic N) is 2. The molecule has 0 amide bonds. The number of hydrogen-bond donors (Lipinski definition) is 2. The van der Waals surface area contributed by atoms with E-state index in [2.05, 4.69) is 15.0 Å². The van der Waals surface area contributed by atoms with Gasteiger partial charge in [0.2, 0.25) is 0 Å². The molecule has 0 bridgehead atoms. The smallest absolute Gasteiger partial charge is 0.164 e. The summed E-state index contributed by atoms with van der Waals surface area (Å²) < 4.78 is 27.5. The molecule has 3 N–H and O–H groups in total. The number of aromatic nitrogens is 3. The molecule has 0 spiro atoms. The van der Waals surface area contributed by atoms with E-state index < -0.39 is 11.6 Å². The monoisotopic (exact) mass is 336 g/mol. The molecule has 0 radical (unpaired) electrons. The van der Waals surface area contributed by atoms with Crippen molar-refractivity contribution in [2.75, 3.05) is 5.73 Å². The van der Waals surface area contributed by atoms with Crippen LogP contribution in [-0.4, -0.2) is 15.0 Å². The Bertz CT molecular complexity index is 1100. The van der Waals surface area contributed by atoms with Crippen molar-refractivity contribution in [1.82, 2.24) is 15.0 Å². The van der Waals surface area contributed by atoms with Gasteiger partial charge in [0.25, 0.3) is 0 Å². The number of benzene rings is 2. The Balaban J connectivity index is 1.94. The zero-order valence-electron chi connectivity index (χ0n) is 13.3. The van der Waals surface area contributed by atoms with Crippen molar-refractivity contribution < 1.29 is 8.78 Å². The number of nitrogens with one attached hydrogen (secondary N) is 1. The predicted molar refractivity (Wildman–Crippen MR) is 93.8 cm³/mol. The lowest BCUT2D eigenvalue weighted by atomic mass is 10.1. The van der Waals surface area contributed by atoms with Crippen LogP contribution >= 0.6 is 0 Å². The molecule has 0 fully saturated rings. The molecular formula is C19H14F2N4. The van der Waals surface area contributed by atoms with E-state index in [4.69, 9.17) is 5.73 Å². The summed E-state index contributed by atoms with van der Waals surface area (Å²) in [6, 6.07) is 11.5. The van der Waals surface area contributed by atoms with Crippen LogP contribution in [0.15, 0.2) is 48.7 Å². The molecule has 0 unspecified atom stereocenters. The predicted octanol–water partition coefficient (Wildman–Crippen LogP) is 4.46. The fourth-order valence-electron chi connectivity index (χ4n) is 2.92. The maximum atomic E-state index is 13.9. The number of aryl methyl sites for hydroxylation is 1. The van der Waals surface area contributed by atoms with Crippen molar-refractivity contribution in [2.24, 2.45) is 0 Å². The highest BCUT2D eigenvalue weighted by Gasteiger charge is 2.15. The fourth-order valence-corrected chi connectivity index (χ4v) is 2.92. The molecule has 4 nitrogen and oxygen atoms in total. The van der Waals surface area contributed by atoms with Gasteiger partial charge in [-0.1, -0.05) is 24.3 Å². The first-order chi connectivity index (χ1) is 12.0. The molecule has 0 saturated heterocycles. The van der Waals surface area contributed by atoms with Crippen LogP contribution in [0.4, 0.5) is 14.6 Å². The molecule has 2 aromatic carbocycles. The van der Waals surface area contributed by atoms with E-state index in [1.807, 2.05) is 31.2 Å². The highest BCUT2D eigenvalue weighted by molar-refractivity contribution is 5.94. The molecule has 4 rings (SSSR count). The second-order valence-corrected chi connectivity index (χ2v) is 5.83. The van der Waals surface area contributed by atoms with Crippen molar-refractivity contribution >= 4 is 16.7 Å². The third kappa shape index (κ3) is 2.61. The first-order valence-electron chi connectivity index (χ1n) is 7.70. The largest absolute Gasteiger partial charge is 0.384 e. The zero-order chi connectivity index (χ0) is 17.6. The molecule has 0 aliphatic heterocycles. The van der Waals surface area contributed by atoms with Crippen molar-refractivity contribution in [3.05, 3.63) is 65.9 Å². The van der Waals surface area contributed by atoms with Gasteiger partial charge in [-0.2, -0.15) is 0 Å². The average Bonchev–Trinajstić information content (AvgIpc) is 2.98. The van der Waals surface area contributed by atoms with E-state index in [0.717, 1.165) is 17.2 Å². The molecule has 2 heterocycles. The summed E-state index contributed by atoms with van der Waals surface area (Å²) in [5, 5.41) is 0.374. The topological polar surface area (TPSA) is 67.6 Å². The van der Waals surface area contributed by atoms with Crippen LogP contribution in [0.2, 0.25) is 0 Å². The Labute approximate surface area is 142 Å². The SMILES string of the molecule is Cc1ccccc1-c1cc(N)nc(-c2c[nH]c3c(F)cc(F)cc23)n1. The number of anilines is 1. The third-order valence-electron chi connectivity index (χ3n) is 4.11. The summed E-state index contributed by atoms with van der Waals surface area (Å²) in [7, 11) is 0. The van der Waals surface area contributed by atoms with Gasteiger partial charge in [0.15, 0.2) is 5.82 Å². The lowest BCUT2D eigenvalue weighted by molar-refractivity contribution is 0.591. The summed E-state index contributed by atoms with van der Waals surface area (Å²) in [5.41, 5.74) is 9.28. The van der Waals surface area contributed by atoms with Crippen LogP contribution in [0.3, 0.4) is 0 Å². The molecule has 0 aliphatic rings. The Morgan fingerprint density at radius 1 is 1.00 bits per heavy atom. The van der Waals surface area contributed by atoms with Gasteiger partial charge in [-0.3, -0.25) is 0 Å². The highest BCUT2D eigenvalue weighted by Crippen LogP contribution is 2.31. The van der Waals surface area contributed by atoms with Crippen molar-refractivity contribution in [3.63, 3.8) is 0 Å². The molecule has 124 valence electrons. The fraction of sp³-hybridized carbons (Fsp3) is 0.0526. The molecule has 0 aliphatic carbocycles. The first kappa shape index (κ1) is 15.3. The van der Waals surface area contributed by atoms with Crippen LogP contribution in [0.25, 0.3) is 33.5 Å². The van der Waals surface area contributed by atoms with Gasteiger partial charge in [-0.15, -0.1) is 0 Å². The third-order valence-corrected chi connectivity index (χ3v) is 4.11. The first-order valence-corrected chi connectivity index (χ1v) is 7.70. The van der Waals surface area contributed by atoms with Crippen LogP contribution in [-0.2, 0) is 0 Å². The van der Waals surface area contributed by atoms with Crippen LogP contribution < -0.4 is 5.73 Å². The summed E-state index contributed by atoms with van der Waals surface area (Å²) in [5.74, 6) is -0.720. The van der Waals surface area contributed by atoms with Crippen molar-refractivity contribution in [1.29, 1.82) is 0 Å². The van der Waals surface area contributed by atoms with Gasteiger partial charge >= 0.3 is 0 Å². The summed E-state index contributed by atoms with van der Waals surface area (Å²) in [6.07, 6.45) is 1.56. The van der Waals surface area contributed by atoms with Crippen molar-refractivity contribution in [2.45, 2.75) is 6.92 Å². The van der Waals surface area contributed by atoms with Gasteiger partial charge in [0, 0.05) is 34.8 Å². The van der Waals surface area contributed by atoms with Crippen LogP contribution in [0.1, 0.15) is 5.56 Å². The normalized spacial score (nSPS) is 11.2. The quantitative estimate of drug-likeness (QED) is 0.568. The number of halogens is 2. The van der Waals surface area contributed by atoms with Crippen LogP contribution in [0, 0.1) is 18.6 Å². The second kappa shape index (κ2) is 5.66. The van der Waals surface area contributed by atoms with Gasteiger partial charge in [0.05, 0.1) is 11.2 Å². The molecule has 25 heavy (non-hydrogen) atoms. The Morgan fingerprint density at radius 2 is 1.80 bits per heavy atom. The van der Waals surface area contributed by atoms with E-state index in [0.29, 0.717) is 22.5 Å². The molecule has 2 aromatic heterocycles. The Kier molecular flexibility index (Phi) is 3.46. The lowest BCUT2D eigenvalue weighted by Crippen LogP contribution is -1.98. The van der Waals surface area contributed by atoms with Crippen molar-refractivity contribution in [3.8, 4) is 22.6 Å². The number of fused-ring (bicyclic) bond motifs is 1. The molecule has 6 heteroatoms. The van der Waals surface area contributed by atoms with Gasteiger partial charge in [0.1, 0.15) is 17.5 Å². The van der Waals surface area contributed by atoms with Gasteiger partial charge in [-0.25, -0.2) is 18.7 Å². The summed E-state index contributed by atoms with van der Waals surface area (Å²) >= 11 is 0. The van der Waals surface area contributed by atoms with E-state index in [-0.39, 0.29) is 11.3 Å². The Morgan fingerprint density at radius 3 is 2.60 bits per heavy atom. The summed E-state index contributed by atoms with van der Waals surface area (Å²) in [4.78, 5) is 11.6. The number of nitrogens with two attached hydrogens (primary N) is 1. The molecule has 0 atom stereocenters. The lowest BCUT2D eigenvalue weighted by Gasteiger charge is -2.08. The number of nitrogen functional groups attached to an aromatic ring is 1. The van der Waals surface area contributed by atoms with Gasteiger partial charge < -0.3 is 10.7 Å². The molecule has 0 saturated carbocycles. The maximum Gasteiger partial charge on any atom is 0.164 e. The standard InChI is InChI=1S/C19H14F2N4/c1-10-4-2-3-5-12(10)16-8-17(22)25-19(24-16)14-9-23-18-13(14)6-11(20)7-15(18)21/h2-9,23H,1H3,(H2,22,24,25). The molecular weight excluding hydrogens is 322 g/mol. The van der Waals surface area contributed by atoms with Gasteiger partial charge in [-0.05, 0) is 18.6 Å². The zero-order valence-corrected chi connectivity index (χ0v) is 13.3. The van der Waals surface area contributed by atoms with E-state index in [1.54, 1.807) is 12.3 Å². The minimum absolute atomic E-state index is 0.208. The van der Waals surface area contributed by atoms with E-state index >= 15 is 0 Å². The van der Waals surface area contributed by atoms with Crippen LogP contribution in [0.5, 0.6) is 0 Å². The summed E-state index contributed by atoms with van der Waals surface area (Å²) in [6.45, 7) is 1.98. The Hall–Kier alpha value is -3.28. The number of rotatable bonds is 2. The number of aromatic amines is 1. The number of hydrogen-bond acceptors (Lipinski definition) is 3. The highest BCUT2D eigenvalue weighted by atomic mass is 19.1. The minimum Gasteiger partial charge on any atom is -0.384 e. The van der Waals surface area contributed by atoms with E-state index in [9.17, 15) is 8.78 Å². The number of H-pyrrole nitrogens is 1. The maximum absolute atomic E-state index is 13.9. The molecule has 4 aromatic rings. The average molecular weight is 336 g/mol.